The summed E-state index contributed by atoms with van der Waals surface area (Å²) in [5, 5.41) is 5.83. The van der Waals surface area contributed by atoms with Gasteiger partial charge >= 0.3 is 6.03 Å². The minimum atomic E-state index is -0.189. The van der Waals surface area contributed by atoms with Crippen LogP contribution in [0.15, 0.2) is 18.2 Å². The molecule has 2 N–H and O–H groups in total. The molecule has 0 bridgehead atoms. The highest BCUT2D eigenvalue weighted by Gasteiger charge is 2.21. The van der Waals surface area contributed by atoms with Crippen molar-refractivity contribution < 1.29 is 19.1 Å². The molecule has 7 nitrogen and oxygen atoms in total. The molecule has 2 heterocycles. The molecule has 0 aromatic heterocycles. The fourth-order valence-corrected chi connectivity index (χ4v) is 2.96. The largest absolute Gasteiger partial charge is 0.486 e. The van der Waals surface area contributed by atoms with Crippen LogP contribution in [-0.2, 0) is 11.3 Å². The number of fused-ring (bicyclic) bond motifs is 1. The number of nitrogens with zero attached hydrogens (tertiary/aromatic N) is 1. The monoisotopic (exact) mass is 333 g/mol. The van der Waals surface area contributed by atoms with Crippen LogP contribution in [0.2, 0.25) is 0 Å². The van der Waals surface area contributed by atoms with Crippen LogP contribution in [0.25, 0.3) is 0 Å². The van der Waals surface area contributed by atoms with Gasteiger partial charge in [-0.05, 0) is 30.5 Å². The summed E-state index contributed by atoms with van der Waals surface area (Å²) in [5.74, 6) is 1.56. The molecule has 1 aromatic carbocycles. The molecular formula is C17H23N3O4. The molecule has 0 saturated carbocycles. The number of carbonyl (C=O) groups is 2. The predicted octanol–water partition coefficient (Wildman–Crippen LogP) is 1.27. The molecule has 1 saturated heterocycles. The van der Waals surface area contributed by atoms with Crippen molar-refractivity contribution in [1.29, 1.82) is 0 Å². The van der Waals surface area contributed by atoms with Gasteiger partial charge in [0.25, 0.3) is 0 Å². The highest BCUT2D eigenvalue weighted by molar-refractivity contribution is 5.75. The van der Waals surface area contributed by atoms with Gasteiger partial charge in [0.2, 0.25) is 5.91 Å². The van der Waals surface area contributed by atoms with Gasteiger partial charge in [-0.25, -0.2) is 4.79 Å². The first-order valence-electron chi connectivity index (χ1n) is 8.30. The highest BCUT2D eigenvalue weighted by atomic mass is 16.6. The van der Waals surface area contributed by atoms with E-state index in [0.29, 0.717) is 32.8 Å². The maximum atomic E-state index is 12.0. The van der Waals surface area contributed by atoms with Crippen molar-refractivity contribution >= 4 is 11.9 Å². The number of ether oxygens (including phenoxy) is 2. The Morgan fingerprint density at radius 3 is 2.58 bits per heavy atom. The van der Waals surface area contributed by atoms with Gasteiger partial charge in [0.05, 0.1) is 0 Å². The van der Waals surface area contributed by atoms with E-state index in [1.807, 2.05) is 23.1 Å². The summed E-state index contributed by atoms with van der Waals surface area (Å²) in [6.45, 7) is 4.51. The quantitative estimate of drug-likeness (QED) is 0.873. The van der Waals surface area contributed by atoms with Crippen LogP contribution < -0.4 is 20.1 Å². The summed E-state index contributed by atoms with van der Waals surface area (Å²) in [7, 11) is 0. The van der Waals surface area contributed by atoms with E-state index in [1.54, 1.807) is 6.92 Å². The lowest BCUT2D eigenvalue weighted by Gasteiger charge is -2.31. The maximum absolute atomic E-state index is 12.0. The standard InChI is InChI=1S/C17H23N3O4/c1-12(21)20-6-4-14(5-7-20)19-17(22)18-11-13-2-3-15-16(10-13)24-9-8-23-15/h2-3,10,14H,4-9,11H2,1H3,(H2,18,19,22). The second kappa shape index (κ2) is 7.42. The van der Waals surface area contributed by atoms with Crippen molar-refractivity contribution in [2.45, 2.75) is 32.4 Å². The van der Waals surface area contributed by atoms with E-state index in [0.717, 1.165) is 29.9 Å². The fraction of sp³-hybridized carbons (Fsp3) is 0.529. The van der Waals surface area contributed by atoms with Crippen LogP contribution in [0.5, 0.6) is 11.5 Å². The Balaban J connectivity index is 1.44. The van der Waals surface area contributed by atoms with Crippen LogP contribution in [0.1, 0.15) is 25.3 Å². The molecule has 7 heteroatoms. The average molecular weight is 333 g/mol. The van der Waals surface area contributed by atoms with Crippen LogP contribution in [0.3, 0.4) is 0 Å². The topological polar surface area (TPSA) is 79.9 Å². The molecule has 1 fully saturated rings. The molecule has 0 radical (unpaired) electrons. The molecule has 0 aliphatic carbocycles. The lowest BCUT2D eigenvalue weighted by atomic mass is 10.1. The van der Waals surface area contributed by atoms with Crippen molar-refractivity contribution in [3.63, 3.8) is 0 Å². The molecule has 3 rings (SSSR count). The number of hydrogen-bond acceptors (Lipinski definition) is 4. The Morgan fingerprint density at radius 1 is 1.17 bits per heavy atom. The summed E-state index contributed by atoms with van der Waals surface area (Å²) in [4.78, 5) is 25.1. The number of piperidine rings is 1. The fourth-order valence-electron chi connectivity index (χ4n) is 2.96. The van der Waals surface area contributed by atoms with Gasteiger partial charge in [-0.3, -0.25) is 4.79 Å². The molecule has 0 unspecified atom stereocenters. The Hall–Kier alpha value is -2.44. The van der Waals surface area contributed by atoms with Crippen molar-refractivity contribution in [3.8, 4) is 11.5 Å². The Morgan fingerprint density at radius 2 is 1.88 bits per heavy atom. The number of likely N-dealkylation sites (tertiary alicyclic amines) is 1. The molecule has 2 aliphatic heterocycles. The Labute approximate surface area is 141 Å². The minimum Gasteiger partial charge on any atom is -0.486 e. The van der Waals surface area contributed by atoms with E-state index in [1.165, 1.54) is 0 Å². The zero-order valence-corrected chi connectivity index (χ0v) is 13.8. The summed E-state index contributed by atoms with van der Waals surface area (Å²) < 4.78 is 11.0. The first-order chi connectivity index (χ1) is 11.6. The van der Waals surface area contributed by atoms with Crippen molar-refractivity contribution in [2.24, 2.45) is 0 Å². The third-order valence-corrected chi connectivity index (χ3v) is 4.34. The molecule has 1 aromatic rings. The number of benzene rings is 1. The van der Waals surface area contributed by atoms with E-state index < -0.39 is 0 Å². The van der Waals surface area contributed by atoms with E-state index >= 15 is 0 Å². The number of amides is 3. The summed E-state index contributed by atoms with van der Waals surface area (Å²) in [6.07, 6.45) is 1.58. The average Bonchev–Trinajstić information content (AvgIpc) is 2.60. The van der Waals surface area contributed by atoms with E-state index in [2.05, 4.69) is 10.6 Å². The second-order valence-electron chi connectivity index (χ2n) is 6.09. The van der Waals surface area contributed by atoms with Crippen LogP contribution in [-0.4, -0.2) is 49.2 Å². The first kappa shape index (κ1) is 16.4. The van der Waals surface area contributed by atoms with Gasteiger partial charge in [-0.15, -0.1) is 0 Å². The Kier molecular flexibility index (Phi) is 5.08. The van der Waals surface area contributed by atoms with E-state index in [4.69, 9.17) is 9.47 Å². The normalized spacial score (nSPS) is 17.3. The zero-order valence-electron chi connectivity index (χ0n) is 13.8. The highest BCUT2D eigenvalue weighted by Crippen LogP contribution is 2.30. The number of nitrogens with one attached hydrogen (secondary N) is 2. The molecule has 3 amide bonds. The maximum Gasteiger partial charge on any atom is 0.315 e. The van der Waals surface area contributed by atoms with Crippen molar-refractivity contribution in [1.82, 2.24) is 15.5 Å². The van der Waals surface area contributed by atoms with Crippen molar-refractivity contribution in [3.05, 3.63) is 23.8 Å². The predicted molar refractivity (Wildman–Crippen MR) is 88.1 cm³/mol. The number of urea groups is 1. The minimum absolute atomic E-state index is 0.0940. The summed E-state index contributed by atoms with van der Waals surface area (Å²) in [5.41, 5.74) is 0.959. The first-order valence-corrected chi connectivity index (χ1v) is 8.30. The molecule has 0 spiro atoms. The molecule has 2 aliphatic rings. The van der Waals surface area contributed by atoms with Crippen molar-refractivity contribution in [2.75, 3.05) is 26.3 Å². The van der Waals surface area contributed by atoms with Gasteiger partial charge in [-0.2, -0.15) is 0 Å². The number of rotatable bonds is 3. The van der Waals surface area contributed by atoms with Gasteiger partial charge in [0.1, 0.15) is 13.2 Å². The number of hydrogen-bond donors (Lipinski definition) is 2. The van der Waals surface area contributed by atoms with Crippen LogP contribution in [0.4, 0.5) is 4.79 Å². The molecule has 0 atom stereocenters. The van der Waals surface area contributed by atoms with Crippen LogP contribution >= 0.6 is 0 Å². The van der Waals surface area contributed by atoms with Gasteiger partial charge < -0.3 is 25.0 Å². The van der Waals surface area contributed by atoms with E-state index in [9.17, 15) is 9.59 Å². The third-order valence-electron chi connectivity index (χ3n) is 4.34. The van der Waals surface area contributed by atoms with Crippen LogP contribution in [0, 0.1) is 0 Å². The molecule has 130 valence electrons. The second-order valence-corrected chi connectivity index (χ2v) is 6.09. The molecular weight excluding hydrogens is 310 g/mol. The van der Waals surface area contributed by atoms with E-state index in [-0.39, 0.29) is 18.0 Å². The smallest absolute Gasteiger partial charge is 0.315 e. The van der Waals surface area contributed by atoms with Gasteiger partial charge in [-0.1, -0.05) is 6.07 Å². The SMILES string of the molecule is CC(=O)N1CCC(NC(=O)NCc2ccc3c(c2)OCCO3)CC1. The molecule has 24 heavy (non-hydrogen) atoms. The van der Waals surface area contributed by atoms with Gasteiger partial charge in [0.15, 0.2) is 11.5 Å². The number of carbonyl (C=O) groups excluding carboxylic acids is 2. The third kappa shape index (κ3) is 4.10. The lowest BCUT2D eigenvalue weighted by Crippen LogP contribution is -2.48. The lowest BCUT2D eigenvalue weighted by molar-refractivity contribution is -0.129. The zero-order chi connectivity index (χ0) is 16.9. The summed E-state index contributed by atoms with van der Waals surface area (Å²) in [6, 6.07) is 5.59. The Bertz CT molecular complexity index is 612. The van der Waals surface area contributed by atoms with Gasteiger partial charge in [0, 0.05) is 32.6 Å². The summed E-state index contributed by atoms with van der Waals surface area (Å²) >= 11 is 0.